The molecule has 2 amide bonds. The zero-order valence-corrected chi connectivity index (χ0v) is 11.6. The lowest BCUT2D eigenvalue weighted by Gasteiger charge is -2.20. The molecular weight excluding hydrogens is 260 g/mol. The Morgan fingerprint density at radius 2 is 2.15 bits per heavy atom. The van der Waals surface area contributed by atoms with Gasteiger partial charge in [-0.05, 0) is 25.9 Å². The average Bonchev–Trinajstić information content (AvgIpc) is 2.49. The molecule has 110 valence electrons. The van der Waals surface area contributed by atoms with Crippen molar-refractivity contribution in [2.24, 2.45) is 5.92 Å². The molecule has 0 unspecified atom stereocenters. The van der Waals surface area contributed by atoms with E-state index < -0.39 is 5.91 Å². The molecule has 1 rings (SSSR count). The number of methoxy groups -OCH3 is 1. The first-order chi connectivity index (χ1) is 9.69. The summed E-state index contributed by atoms with van der Waals surface area (Å²) in [6.07, 6.45) is 2.70. The van der Waals surface area contributed by atoms with E-state index >= 15 is 0 Å². The van der Waals surface area contributed by atoms with Crippen molar-refractivity contribution < 1.29 is 14.3 Å². The van der Waals surface area contributed by atoms with Gasteiger partial charge in [-0.3, -0.25) is 9.59 Å². The third-order valence-corrected chi connectivity index (χ3v) is 3.03. The number of nitrogens with zero attached hydrogens (tertiary/aromatic N) is 1. The van der Waals surface area contributed by atoms with Crippen LogP contribution in [-0.2, 0) is 14.3 Å². The molecule has 0 aromatic rings. The fourth-order valence-electron chi connectivity index (χ4n) is 1.86. The number of piperidine rings is 1. The molecule has 0 aromatic carbocycles. The number of hydrogen-bond acceptors (Lipinski definition) is 5. The van der Waals surface area contributed by atoms with E-state index in [1.165, 1.54) is 13.3 Å². The van der Waals surface area contributed by atoms with E-state index in [-0.39, 0.29) is 17.4 Å². The standard InChI is InChI=1S/C13H20N4O3/c1-20-7-6-16-13(19)11(8-14)9-17-12(18)10-2-4-15-5-3-10/h9-10,15H,2-7H2,1H3,(H,16,19)(H,17,18)/b11-9-. The molecule has 0 aromatic heterocycles. The van der Waals surface area contributed by atoms with Crippen molar-refractivity contribution in [1.82, 2.24) is 16.0 Å². The predicted octanol–water partition coefficient (Wildman–Crippen LogP) is -0.728. The fraction of sp³-hybridized carbons (Fsp3) is 0.615. The van der Waals surface area contributed by atoms with Crippen molar-refractivity contribution in [2.45, 2.75) is 12.8 Å². The Hall–Kier alpha value is -1.91. The molecular formula is C13H20N4O3. The van der Waals surface area contributed by atoms with E-state index in [9.17, 15) is 9.59 Å². The van der Waals surface area contributed by atoms with Crippen LogP contribution < -0.4 is 16.0 Å². The predicted molar refractivity (Wildman–Crippen MR) is 72.3 cm³/mol. The second-order valence-corrected chi connectivity index (χ2v) is 4.45. The number of carbonyl (C=O) groups excluding carboxylic acids is 2. The minimum Gasteiger partial charge on any atom is -0.383 e. The lowest BCUT2D eigenvalue weighted by molar-refractivity contribution is -0.124. The molecule has 0 saturated carbocycles. The Balaban J connectivity index is 2.45. The molecule has 0 bridgehead atoms. The van der Waals surface area contributed by atoms with Crippen LogP contribution in [0.2, 0.25) is 0 Å². The van der Waals surface area contributed by atoms with Crippen molar-refractivity contribution >= 4 is 11.8 Å². The van der Waals surface area contributed by atoms with E-state index in [0.29, 0.717) is 13.2 Å². The number of nitriles is 1. The van der Waals surface area contributed by atoms with Crippen LogP contribution in [0, 0.1) is 17.2 Å². The molecule has 0 atom stereocenters. The summed E-state index contributed by atoms with van der Waals surface area (Å²) >= 11 is 0. The Kier molecular flexibility index (Phi) is 7.32. The first kappa shape index (κ1) is 16.1. The molecule has 20 heavy (non-hydrogen) atoms. The Morgan fingerprint density at radius 1 is 1.45 bits per heavy atom. The van der Waals surface area contributed by atoms with Crippen LogP contribution in [0.3, 0.4) is 0 Å². The lowest BCUT2D eigenvalue weighted by atomic mass is 9.97. The normalized spacial score (nSPS) is 16.3. The van der Waals surface area contributed by atoms with E-state index in [0.717, 1.165) is 25.9 Å². The molecule has 0 radical (unpaired) electrons. The zero-order valence-electron chi connectivity index (χ0n) is 11.6. The van der Waals surface area contributed by atoms with Crippen molar-refractivity contribution in [2.75, 3.05) is 33.4 Å². The number of carbonyl (C=O) groups is 2. The molecule has 7 nitrogen and oxygen atoms in total. The van der Waals surface area contributed by atoms with Crippen molar-refractivity contribution in [1.29, 1.82) is 5.26 Å². The largest absolute Gasteiger partial charge is 0.383 e. The number of ether oxygens (including phenoxy) is 1. The molecule has 7 heteroatoms. The van der Waals surface area contributed by atoms with Gasteiger partial charge in [-0.2, -0.15) is 5.26 Å². The Labute approximate surface area is 118 Å². The smallest absolute Gasteiger partial charge is 0.263 e. The third kappa shape index (κ3) is 5.38. The van der Waals surface area contributed by atoms with Crippen molar-refractivity contribution in [3.8, 4) is 6.07 Å². The average molecular weight is 280 g/mol. The highest BCUT2D eigenvalue weighted by molar-refractivity contribution is 5.97. The van der Waals surface area contributed by atoms with Crippen LogP contribution in [0.15, 0.2) is 11.8 Å². The SMILES string of the molecule is COCCNC(=O)/C(C#N)=C\NC(=O)C1CCNCC1. The van der Waals surface area contributed by atoms with Crippen LogP contribution >= 0.6 is 0 Å². The molecule has 1 saturated heterocycles. The van der Waals surface area contributed by atoms with Gasteiger partial charge in [-0.25, -0.2) is 0 Å². The van der Waals surface area contributed by atoms with Crippen molar-refractivity contribution in [3.05, 3.63) is 11.8 Å². The van der Waals surface area contributed by atoms with Gasteiger partial charge in [0.15, 0.2) is 0 Å². The maximum absolute atomic E-state index is 11.9. The summed E-state index contributed by atoms with van der Waals surface area (Å²) < 4.78 is 4.79. The van der Waals surface area contributed by atoms with Gasteiger partial charge in [-0.15, -0.1) is 0 Å². The van der Waals surface area contributed by atoms with Gasteiger partial charge in [0.05, 0.1) is 6.61 Å². The Bertz CT molecular complexity index is 408. The minimum atomic E-state index is -0.518. The highest BCUT2D eigenvalue weighted by atomic mass is 16.5. The molecule has 1 heterocycles. The summed E-state index contributed by atoms with van der Waals surface area (Å²) in [5, 5.41) is 17.1. The van der Waals surface area contributed by atoms with E-state index in [1.807, 2.05) is 0 Å². The molecule has 3 N–H and O–H groups in total. The van der Waals surface area contributed by atoms with E-state index in [1.54, 1.807) is 6.07 Å². The van der Waals surface area contributed by atoms with E-state index in [4.69, 9.17) is 10.00 Å². The van der Waals surface area contributed by atoms with Gasteiger partial charge >= 0.3 is 0 Å². The molecule has 1 aliphatic heterocycles. The summed E-state index contributed by atoms with van der Waals surface area (Å²) in [6, 6.07) is 1.77. The van der Waals surface area contributed by atoms with Gasteiger partial charge in [0, 0.05) is 25.8 Å². The van der Waals surface area contributed by atoms with Gasteiger partial charge in [-0.1, -0.05) is 0 Å². The first-order valence-electron chi connectivity index (χ1n) is 6.57. The molecule has 1 fully saturated rings. The van der Waals surface area contributed by atoms with Gasteiger partial charge in [0.25, 0.3) is 5.91 Å². The summed E-state index contributed by atoms with van der Waals surface area (Å²) in [7, 11) is 1.52. The van der Waals surface area contributed by atoms with Crippen LogP contribution in [0.1, 0.15) is 12.8 Å². The molecule has 0 aliphatic carbocycles. The second-order valence-electron chi connectivity index (χ2n) is 4.45. The highest BCUT2D eigenvalue weighted by Gasteiger charge is 2.20. The number of rotatable bonds is 6. The summed E-state index contributed by atoms with van der Waals surface area (Å²) in [4.78, 5) is 23.5. The van der Waals surface area contributed by atoms with Gasteiger partial charge < -0.3 is 20.7 Å². The highest BCUT2D eigenvalue weighted by Crippen LogP contribution is 2.11. The monoisotopic (exact) mass is 280 g/mol. The van der Waals surface area contributed by atoms with Crippen LogP contribution in [0.5, 0.6) is 0 Å². The first-order valence-corrected chi connectivity index (χ1v) is 6.57. The van der Waals surface area contributed by atoms with Crippen LogP contribution in [-0.4, -0.2) is 45.2 Å². The summed E-state index contributed by atoms with van der Waals surface area (Å²) in [5.41, 5.74) is -0.122. The fourth-order valence-corrected chi connectivity index (χ4v) is 1.86. The topological polar surface area (TPSA) is 103 Å². The quantitative estimate of drug-likeness (QED) is 0.338. The summed E-state index contributed by atoms with van der Waals surface area (Å²) in [6.45, 7) is 2.30. The minimum absolute atomic E-state index is 0.0657. The van der Waals surface area contributed by atoms with E-state index in [2.05, 4.69) is 16.0 Å². The number of amides is 2. The Morgan fingerprint density at radius 3 is 2.75 bits per heavy atom. The third-order valence-electron chi connectivity index (χ3n) is 3.03. The van der Waals surface area contributed by atoms with Gasteiger partial charge in [0.2, 0.25) is 5.91 Å². The summed E-state index contributed by atoms with van der Waals surface area (Å²) in [5.74, 6) is -0.733. The zero-order chi connectivity index (χ0) is 14.8. The number of hydrogen-bond donors (Lipinski definition) is 3. The molecule has 0 spiro atoms. The number of nitrogens with one attached hydrogen (secondary N) is 3. The lowest BCUT2D eigenvalue weighted by Crippen LogP contribution is -2.37. The maximum atomic E-state index is 11.9. The van der Waals surface area contributed by atoms with Gasteiger partial charge in [0.1, 0.15) is 11.6 Å². The molecule has 1 aliphatic rings. The second kappa shape index (κ2) is 9.07. The van der Waals surface area contributed by atoms with Crippen molar-refractivity contribution in [3.63, 3.8) is 0 Å². The van der Waals surface area contributed by atoms with Crippen LogP contribution in [0.25, 0.3) is 0 Å². The maximum Gasteiger partial charge on any atom is 0.263 e. The van der Waals surface area contributed by atoms with Crippen LogP contribution in [0.4, 0.5) is 0 Å².